The Labute approximate surface area is 119 Å². The lowest BCUT2D eigenvalue weighted by atomic mass is 9.80. The minimum atomic E-state index is -0.0590. The Bertz CT molecular complexity index is 534. The summed E-state index contributed by atoms with van der Waals surface area (Å²) in [5.74, 6) is 2.85. The van der Waals surface area contributed by atoms with Crippen LogP contribution in [0, 0.1) is 23.7 Å². The lowest BCUT2D eigenvalue weighted by Gasteiger charge is -2.31. The van der Waals surface area contributed by atoms with E-state index >= 15 is 0 Å². The molecule has 2 heteroatoms. The van der Waals surface area contributed by atoms with Crippen LogP contribution in [0.4, 0.5) is 0 Å². The monoisotopic (exact) mass is 268 g/mol. The molecule has 3 aliphatic carbocycles. The first kappa shape index (κ1) is 12.2. The zero-order valence-corrected chi connectivity index (χ0v) is 11.6. The number of hydrogen-bond donors (Lipinski definition) is 0. The van der Waals surface area contributed by atoms with E-state index in [2.05, 4.69) is 12.2 Å². The van der Waals surface area contributed by atoms with Gasteiger partial charge in [0.05, 0.1) is 6.42 Å². The highest BCUT2D eigenvalue weighted by atomic mass is 16.5. The topological polar surface area (TPSA) is 26.3 Å². The van der Waals surface area contributed by atoms with Crippen LogP contribution in [-0.2, 0) is 16.0 Å². The quantitative estimate of drug-likeness (QED) is 0.620. The van der Waals surface area contributed by atoms with Crippen LogP contribution >= 0.6 is 0 Å². The maximum Gasteiger partial charge on any atom is 0.310 e. The van der Waals surface area contributed by atoms with Crippen molar-refractivity contribution in [2.45, 2.75) is 31.8 Å². The Kier molecular flexibility index (Phi) is 2.90. The number of esters is 1. The largest absolute Gasteiger partial charge is 0.462 e. The van der Waals surface area contributed by atoms with Crippen LogP contribution in [0.3, 0.4) is 0 Å². The third-order valence-electron chi connectivity index (χ3n) is 5.42. The van der Waals surface area contributed by atoms with Gasteiger partial charge in [-0.15, -0.1) is 0 Å². The number of ether oxygens (including phenoxy) is 1. The molecule has 5 unspecified atom stereocenters. The van der Waals surface area contributed by atoms with Crippen LogP contribution < -0.4 is 0 Å². The molecule has 20 heavy (non-hydrogen) atoms. The van der Waals surface area contributed by atoms with Crippen LogP contribution in [0.5, 0.6) is 0 Å². The van der Waals surface area contributed by atoms with Gasteiger partial charge in [-0.05, 0) is 48.5 Å². The van der Waals surface area contributed by atoms with E-state index in [-0.39, 0.29) is 12.1 Å². The highest BCUT2D eigenvalue weighted by molar-refractivity contribution is 5.72. The van der Waals surface area contributed by atoms with Gasteiger partial charge in [0.25, 0.3) is 0 Å². The zero-order valence-electron chi connectivity index (χ0n) is 11.6. The van der Waals surface area contributed by atoms with Crippen LogP contribution in [0.2, 0.25) is 0 Å². The molecule has 4 rings (SSSR count). The van der Waals surface area contributed by atoms with Crippen molar-refractivity contribution in [3.8, 4) is 0 Å². The van der Waals surface area contributed by atoms with Gasteiger partial charge in [0.1, 0.15) is 6.10 Å². The molecular weight excluding hydrogens is 248 g/mol. The lowest BCUT2D eigenvalue weighted by Crippen LogP contribution is -2.32. The van der Waals surface area contributed by atoms with E-state index in [9.17, 15) is 4.79 Å². The molecule has 2 fully saturated rings. The number of rotatable bonds is 3. The normalized spacial score (nSPS) is 37.1. The van der Waals surface area contributed by atoms with E-state index in [4.69, 9.17) is 4.74 Å². The lowest BCUT2D eigenvalue weighted by molar-refractivity contribution is -0.152. The van der Waals surface area contributed by atoms with Crippen LogP contribution in [0.25, 0.3) is 0 Å². The summed E-state index contributed by atoms with van der Waals surface area (Å²) in [6.45, 7) is 0. The Morgan fingerprint density at radius 1 is 1.15 bits per heavy atom. The van der Waals surface area contributed by atoms with Gasteiger partial charge in [-0.3, -0.25) is 4.79 Å². The van der Waals surface area contributed by atoms with Crippen molar-refractivity contribution in [3.05, 3.63) is 48.0 Å². The molecule has 0 amide bonds. The number of fused-ring (bicyclic) bond motifs is 5. The summed E-state index contributed by atoms with van der Waals surface area (Å²) in [6, 6.07) is 9.87. The van der Waals surface area contributed by atoms with Crippen molar-refractivity contribution >= 4 is 5.97 Å². The molecule has 104 valence electrons. The SMILES string of the molecule is O=C(Cc1ccccc1)OC1CC2CC1C1CC=CC21. The summed E-state index contributed by atoms with van der Waals surface area (Å²) in [6.07, 6.45) is 8.84. The zero-order chi connectivity index (χ0) is 13.5. The van der Waals surface area contributed by atoms with Crippen molar-refractivity contribution in [2.75, 3.05) is 0 Å². The molecule has 0 saturated heterocycles. The molecule has 1 aromatic rings. The second-order valence-corrected chi connectivity index (χ2v) is 6.49. The summed E-state index contributed by atoms with van der Waals surface area (Å²) in [5.41, 5.74) is 1.04. The van der Waals surface area contributed by atoms with Crippen LogP contribution in [-0.4, -0.2) is 12.1 Å². The first-order valence-electron chi connectivity index (χ1n) is 7.71. The van der Waals surface area contributed by atoms with Crippen LogP contribution in [0.15, 0.2) is 42.5 Å². The van der Waals surface area contributed by atoms with Crippen molar-refractivity contribution in [1.82, 2.24) is 0 Å². The predicted octanol–water partition coefficient (Wildman–Crippen LogP) is 3.37. The van der Waals surface area contributed by atoms with Crippen molar-refractivity contribution in [2.24, 2.45) is 23.7 Å². The highest BCUT2D eigenvalue weighted by Crippen LogP contribution is 2.57. The molecule has 1 aromatic carbocycles. The molecule has 0 spiro atoms. The number of carbonyl (C=O) groups is 1. The average Bonchev–Trinajstić information content (AvgIpc) is 3.11. The second-order valence-electron chi connectivity index (χ2n) is 6.49. The molecular formula is C18H20O2. The van der Waals surface area contributed by atoms with Gasteiger partial charge in [-0.25, -0.2) is 0 Å². The minimum absolute atomic E-state index is 0.0590. The van der Waals surface area contributed by atoms with Gasteiger partial charge in [0.2, 0.25) is 0 Å². The average molecular weight is 268 g/mol. The predicted molar refractivity (Wildman–Crippen MR) is 77.0 cm³/mol. The summed E-state index contributed by atoms with van der Waals surface area (Å²) in [5, 5.41) is 0. The molecule has 2 bridgehead atoms. The molecule has 0 N–H and O–H groups in total. The van der Waals surface area contributed by atoms with E-state index in [0.717, 1.165) is 29.7 Å². The van der Waals surface area contributed by atoms with Crippen LogP contribution in [0.1, 0.15) is 24.8 Å². The molecule has 2 saturated carbocycles. The number of hydrogen-bond acceptors (Lipinski definition) is 2. The van der Waals surface area contributed by atoms with E-state index < -0.39 is 0 Å². The third kappa shape index (κ3) is 1.98. The van der Waals surface area contributed by atoms with Gasteiger partial charge in [-0.1, -0.05) is 42.5 Å². The Morgan fingerprint density at radius 3 is 2.85 bits per heavy atom. The summed E-state index contributed by atoms with van der Waals surface area (Å²) in [4.78, 5) is 12.1. The summed E-state index contributed by atoms with van der Waals surface area (Å²) in [7, 11) is 0. The smallest absolute Gasteiger partial charge is 0.310 e. The first-order chi connectivity index (χ1) is 9.81. The summed E-state index contributed by atoms with van der Waals surface area (Å²) >= 11 is 0. The fourth-order valence-electron chi connectivity index (χ4n) is 4.60. The molecule has 3 aliphatic rings. The van der Waals surface area contributed by atoms with Crippen molar-refractivity contribution in [3.63, 3.8) is 0 Å². The van der Waals surface area contributed by atoms with Gasteiger partial charge in [0.15, 0.2) is 0 Å². The fourth-order valence-corrected chi connectivity index (χ4v) is 4.60. The molecule has 0 radical (unpaired) electrons. The molecule has 5 atom stereocenters. The molecule has 0 aliphatic heterocycles. The van der Waals surface area contributed by atoms with Gasteiger partial charge in [-0.2, -0.15) is 0 Å². The fraction of sp³-hybridized carbons (Fsp3) is 0.500. The van der Waals surface area contributed by atoms with Crippen molar-refractivity contribution in [1.29, 1.82) is 0 Å². The van der Waals surface area contributed by atoms with Gasteiger partial charge in [0, 0.05) is 0 Å². The number of carbonyl (C=O) groups excluding carboxylic acids is 1. The van der Waals surface area contributed by atoms with E-state index in [1.165, 1.54) is 12.8 Å². The summed E-state index contributed by atoms with van der Waals surface area (Å²) < 4.78 is 5.79. The Balaban J connectivity index is 1.38. The highest BCUT2D eigenvalue weighted by Gasteiger charge is 2.53. The Hall–Kier alpha value is -1.57. The number of allylic oxidation sites excluding steroid dienone is 2. The number of benzene rings is 1. The third-order valence-corrected chi connectivity index (χ3v) is 5.42. The van der Waals surface area contributed by atoms with E-state index in [0.29, 0.717) is 12.3 Å². The van der Waals surface area contributed by atoms with E-state index in [1.54, 1.807) is 0 Å². The minimum Gasteiger partial charge on any atom is -0.462 e. The van der Waals surface area contributed by atoms with Crippen molar-refractivity contribution < 1.29 is 9.53 Å². The van der Waals surface area contributed by atoms with Gasteiger partial charge < -0.3 is 4.74 Å². The standard InChI is InChI=1S/C18H20O2/c19-18(9-12-5-2-1-3-6-12)20-17-11-13-10-16(17)15-8-4-7-14(13)15/h1-7,13-17H,8-11H2. The molecule has 0 aromatic heterocycles. The second kappa shape index (κ2) is 4.76. The first-order valence-corrected chi connectivity index (χ1v) is 7.71. The van der Waals surface area contributed by atoms with E-state index in [1.807, 2.05) is 30.3 Å². The van der Waals surface area contributed by atoms with Gasteiger partial charge >= 0.3 is 5.97 Å². The molecule has 2 nitrogen and oxygen atoms in total. The maximum atomic E-state index is 12.1. The Morgan fingerprint density at radius 2 is 2.00 bits per heavy atom. The molecule has 0 heterocycles. The maximum absolute atomic E-state index is 12.1.